The molecule has 20 heavy (non-hydrogen) atoms. The minimum absolute atomic E-state index is 0.00376. The van der Waals surface area contributed by atoms with Gasteiger partial charge in [0, 0.05) is 6.20 Å². The van der Waals surface area contributed by atoms with E-state index in [9.17, 15) is 17.6 Å². The summed E-state index contributed by atoms with van der Waals surface area (Å²) in [5.41, 5.74) is -0.468. The van der Waals surface area contributed by atoms with Crippen LogP contribution in [0.4, 0.5) is 17.6 Å². The Labute approximate surface area is 120 Å². The highest BCUT2D eigenvalue weighted by atomic mass is 79.9. The minimum atomic E-state index is -4.41. The Balaban J connectivity index is 2.02. The van der Waals surface area contributed by atoms with Crippen molar-refractivity contribution in [2.24, 2.45) is 0 Å². The fourth-order valence-electron chi connectivity index (χ4n) is 1.40. The summed E-state index contributed by atoms with van der Waals surface area (Å²) in [6, 6.07) is 6.25. The van der Waals surface area contributed by atoms with Gasteiger partial charge in [-0.15, -0.1) is 0 Å². The summed E-state index contributed by atoms with van der Waals surface area (Å²) in [6.45, 7) is -0.00376. The lowest BCUT2D eigenvalue weighted by atomic mass is 10.2. The third-order valence-corrected chi connectivity index (χ3v) is 3.04. The predicted molar refractivity (Wildman–Crippen MR) is 67.7 cm³/mol. The molecule has 0 unspecified atom stereocenters. The molecule has 0 bridgehead atoms. The molecule has 7 heteroatoms. The third-order valence-electron chi connectivity index (χ3n) is 2.43. The van der Waals surface area contributed by atoms with Crippen LogP contribution in [-0.4, -0.2) is 4.98 Å². The number of nitrogens with zero attached hydrogens (tertiary/aromatic N) is 1. The van der Waals surface area contributed by atoms with E-state index < -0.39 is 17.6 Å². The van der Waals surface area contributed by atoms with Crippen LogP contribution in [0.2, 0.25) is 0 Å². The first-order valence-electron chi connectivity index (χ1n) is 5.46. The van der Waals surface area contributed by atoms with E-state index in [1.54, 1.807) is 0 Å². The van der Waals surface area contributed by atoms with Gasteiger partial charge in [0.15, 0.2) is 0 Å². The molecule has 0 fully saturated rings. The molecule has 0 radical (unpaired) electrons. The number of halogens is 5. The van der Waals surface area contributed by atoms with Crippen molar-refractivity contribution in [3.05, 3.63) is 58.1 Å². The average molecular weight is 350 g/mol. The molecule has 2 aromatic rings. The van der Waals surface area contributed by atoms with Crippen LogP contribution in [0.25, 0.3) is 0 Å². The number of pyridine rings is 1. The van der Waals surface area contributed by atoms with Crippen LogP contribution in [0.3, 0.4) is 0 Å². The Hall–Kier alpha value is -1.63. The van der Waals surface area contributed by atoms with Crippen molar-refractivity contribution in [3.63, 3.8) is 0 Å². The average Bonchev–Trinajstić information content (AvgIpc) is 2.40. The molecule has 2 rings (SSSR count). The van der Waals surface area contributed by atoms with Gasteiger partial charge in [0.1, 0.15) is 18.2 Å². The molecule has 0 aliphatic carbocycles. The van der Waals surface area contributed by atoms with Gasteiger partial charge < -0.3 is 4.74 Å². The van der Waals surface area contributed by atoms with Crippen LogP contribution in [0.15, 0.2) is 41.0 Å². The molecule has 0 aliphatic heterocycles. The minimum Gasteiger partial charge on any atom is -0.487 e. The Kier molecular flexibility index (Phi) is 4.27. The van der Waals surface area contributed by atoms with Crippen LogP contribution in [-0.2, 0) is 12.8 Å². The molecule has 1 aromatic heterocycles. The van der Waals surface area contributed by atoms with Gasteiger partial charge in [-0.05, 0) is 46.3 Å². The molecule has 1 aromatic carbocycles. The number of alkyl halides is 3. The maximum Gasteiger partial charge on any atom is 0.417 e. The molecule has 0 amide bonds. The van der Waals surface area contributed by atoms with Crippen molar-refractivity contribution < 1.29 is 22.3 Å². The van der Waals surface area contributed by atoms with Gasteiger partial charge in [-0.25, -0.2) is 4.39 Å². The largest absolute Gasteiger partial charge is 0.487 e. The topological polar surface area (TPSA) is 22.1 Å². The first kappa shape index (κ1) is 14.8. The smallest absolute Gasteiger partial charge is 0.417 e. The number of hydrogen-bond donors (Lipinski definition) is 0. The lowest BCUT2D eigenvalue weighted by molar-refractivity contribution is -0.137. The van der Waals surface area contributed by atoms with Crippen molar-refractivity contribution in [2.75, 3.05) is 0 Å². The van der Waals surface area contributed by atoms with E-state index in [2.05, 4.69) is 20.9 Å². The number of benzene rings is 1. The second-order valence-electron chi connectivity index (χ2n) is 3.90. The summed E-state index contributed by atoms with van der Waals surface area (Å²) < 4.78 is 55.6. The Morgan fingerprint density at radius 2 is 1.90 bits per heavy atom. The highest BCUT2D eigenvalue weighted by Gasteiger charge is 2.30. The second-order valence-corrected chi connectivity index (χ2v) is 4.75. The van der Waals surface area contributed by atoms with E-state index in [0.717, 1.165) is 12.3 Å². The standard InChI is InChI=1S/C13H8BrF4NO/c14-11-5-10(3-4-12(11)15)20-7-9-2-1-8(6-19-9)13(16,17)18/h1-6H,7H2. The zero-order valence-electron chi connectivity index (χ0n) is 9.92. The Morgan fingerprint density at radius 1 is 1.15 bits per heavy atom. The lowest BCUT2D eigenvalue weighted by Gasteiger charge is -2.08. The zero-order valence-corrected chi connectivity index (χ0v) is 11.5. The van der Waals surface area contributed by atoms with E-state index in [0.29, 0.717) is 11.4 Å². The number of aromatic nitrogens is 1. The molecule has 0 spiro atoms. The van der Waals surface area contributed by atoms with E-state index in [1.165, 1.54) is 24.3 Å². The zero-order chi connectivity index (χ0) is 14.8. The SMILES string of the molecule is Fc1ccc(OCc2ccc(C(F)(F)F)cn2)cc1Br. The molecule has 1 heterocycles. The van der Waals surface area contributed by atoms with E-state index in [-0.39, 0.29) is 11.1 Å². The normalized spacial score (nSPS) is 11.4. The van der Waals surface area contributed by atoms with Crippen LogP contribution in [0.1, 0.15) is 11.3 Å². The third kappa shape index (κ3) is 3.69. The van der Waals surface area contributed by atoms with Crippen molar-refractivity contribution in [1.82, 2.24) is 4.98 Å². The molecule has 0 aliphatic rings. The molecule has 0 saturated heterocycles. The van der Waals surface area contributed by atoms with Crippen molar-refractivity contribution in [1.29, 1.82) is 0 Å². The molecule has 0 N–H and O–H groups in total. The van der Waals surface area contributed by atoms with Gasteiger partial charge in [-0.3, -0.25) is 4.98 Å². The van der Waals surface area contributed by atoms with Gasteiger partial charge >= 0.3 is 6.18 Å². The van der Waals surface area contributed by atoms with Gasteiger partial charge in [0.2, 0.25) is 0 Å². The quantitative estimate of drug-likeness (QED) is 0.756. The Morgan fingerprint density at radius 3 is 2.45 bits per heavy atom. The van der Waals surface area contributed by atoms with Crippen LogP contribution in [0, 0.1) is 5.82 Å². The molecule has 0 atom stereocenters. The fourth-order valence-corrected chi connectivity index (χ4v) is 1.76. The summed E-state index contributed by atoms with van der Waals surface area (Å²) in [5, 5.41) is 0. The maximum atomic E-state index is 13.0. The number of ether oxygens (including phenoxy) is 1. The van der Waals surface area contributed by atoms with Crippen LogP contribution >= 0.6 is 15.9 Å². The summed E-state index contributed by atoms with van der Waals surface area (Å²) in [5.74, 6) is -0.0371. The van der Waals surface area contributed by atoms with Crippen molar-refractivity contribution in [2.45, 2.75) is 12.8 Å². The van der Waals surface area contributed by atoms with E-state index >= 15 is 0 Å². The van der Waals surface area contributed by atoms with Gasteiger partial charge in [-0.2, -0.15) is 13.2 Å². The monoisotopic (exact) mass is 349 g/mol. The molecule has 106 valence electrons. The van der Waals surface area contributed by atoms with Crippen LogP contribution in [0.5, 0.6) is 5.75 Å². The first-order chi connectivity index (χ1) is 9.36. The van der Waals surface area contributed by atoms with Gasteiger partial charge in [0.25, 0.3) is 0 Å². The van der Waals surface area contributed by atoms with Gasteiger partial charge in [0.05, 0.1) is 15.7 Å². The number of rotatable bonds is 3. The highest BCUT2D eigenvalue weighted by molar-refractivity contribution is 9.10. The lowest BCUT2D eigenvalue weighted by Crippen LogP contribution is -2.06. The maximum absolute atomic E-state index is 13.0. The Bertz CT molecular complexity index is 598. The summed E-state index contributed by atoms with van der Waals surface area (Å²) in [6.07, 6.45) is -3.66. The summed E-state index contributed by atoms with van der Waals surface area (Å²) >= 11 is 3.01. The fraction of sp³-hybridized carbons (Fsp3) is 0.154. The predicted octanol–water partition coefficient (Wildman–Crippen LogP) is 4.58. The molecule has 0 saturated carbocycles. The van der Waals surface area contributed by atoms with Gasteiger partial charge in [-0.1, -0.05) is 0 Å². The second kappa shape index (κ2) is 5.78. The number of hydrogen-bond acceptors (Lipinski definition) is 2. The van der Waals surface area contributed by atoms with Crippen molar-refractivity contribution >= 4 is 15.9 Å². The highest BCUT2D eigenvalue weighted by Crippen LogP contribution is 2.28. The molecular formula is C13H8BrF4NO. The van der Waals surface area contributed by atoms with Crippen molar-refractivity contribution in [3.8, 4) is 5.75 Å². The summed E-state index contributed by atoms with van der Waals surface area (Å²) in [4.78, 5) is 3.67. The summed E-state index contributed by atoms with van der Waals surface area (Å²) in [7, 11) is 0. The molecular weight excluding hydrogens is 342 g/mol. The van der Waals surface area contributed by atoms with Crippen LogP contribution < -0.4 is 4.74 Å². The molecule has 2 nitrogen and oxygen atoms in total. The van der Waals surface area contributed by atoms with E-state index in [1.807, 2.05) is 0 Å². The van der Waals surface area contributed by atoms with E-state index in [4.69, 9.17) is 4.74 Å². The first-order valence-corrected chi connectivity index (χ1v) is 6.25.